The molecule has 2 fully saturated rings. The molecule has 2 aliphatic rings. The van der Waals surface area contributed by atoms with Gasteiger partial charge in [-0.25, -0.2) is 0 Å². The maximum absolute atomic E-state index is 3.57. The summed E-state index contributed by atoms with van der Waals surface area (Å²) in [6.07, 6.45) is 0. The fourth-order valence-electron chi connectivity index (χ4n) is 2.81. The van der Waals surface area contributed by atoms with E-state index in [0.717, 1.165) is 23.5 Å². The molecular weight excluding hydrogens is 252 g/mol. The zero-order chi connectivity index (χ0) is 10.4. The molecule has 0 aromatic heterocycles. The van der Waals surface area contributed by atoms with Crippen molar-refractivity contribution in [3.05, 3.63) is 28.7 Å². The molecule has 0 saturated carbocycles. The highest BCUT2D eigenvalue weighted by Gasteiger charge is 2.43. The van der Waals surface area contributed by atoms with E-state index in [0.29, 0.717) is 12.1 Å². The van der Waals surface area contributed by atoms with E-state index >= 15 is 0 Å². The van der Waals surface area contributed by atoms with Crippen molar-refractivity contribution in [2.45, 2.75) is 19.0 Å². The first kappa shape index (κ1) is 9.67. The summed E-state index contributed by atoms with van der Waals surface area (Å²) in [4.78, 5) is 2.54. The van der Waals surface area contributed by atoms with Crippen LogP contribution < -0.4 is 10.2 Å². The first-order valence-electron chi connectivity index (χ1n) is 5.51. The van der Waals surface area contributed by atoms with Gasteiger partial charge < -0.3 is 10.2 Å². The van der Waals surface area contributed by atoms with Gasteiger partial charge in [0.25, 0.3) is 0 Å². The Morgan fingerprint density at radius 1 is 1.33 bits per heavy atom. The number of halogens is 1. The molecule has 0 spiro atoms. The van der Waals surface area contributed by atoms with Crippen LogP contribution in [-0.4, -0.2) is 25.2 Å². The molecular formula is C12H15BrN2. The van der Waals surface area contributed by atoms with Crippen LogP contribution in [0.5, 0.6) is 0 Å². The number of hydrogen-bond acceptors (Lipinski definition) is 2. The Kier molecular flexibility index (Phi) is 2.25. The molecule has 1 N–H and O–H groups in total. The zero-order valence-electron chi connectivity index (χ0n) is 8.78. The number of benzene rings is 1. The standard InChI is InChI=1S/C12H15BrN2/c1-8-11-7-15(12(8)6-14-11)10-4-2-9(13)3-5-10/h2-5,8,11-12,14H,6-7H2,1H3/t8-,11?,12?/m1/s1. The third-order valence-electron chi connectivity index (χ3n) is 3.78. The van der Waals surface area contributed by atoms with Gasteiger partial charge in [-0.2, -0.15) is 0 Å². The SMILES string of the molecule is C[C@@H]1C2CN(c3ccc(Br)cc3)C1CN2. The van der Waals surface area contributed by atoms with Crippen molar-refractivity contribution in [1.82, 2.24) is 5.32 Å². The van der Waals surface area contributed by atoms with Gasteiger partial charge in [0, 0.05) is 35.3 Å². The Morgan fingerprint density at radius 3 is 2.60 bits per heavy atom. The molecule has 2 unspecified atom stereocenters. The topological polar surface area (TPSA) is 15.3 Å². The molecule has 2 bridgehead atoms. The Labute approximate surface area is 98.8 Å². The van der Waals surface area contributed by atoms with E-state index in [-0.39, 0.29) is 0 Å². The predicted octanol–water partition coefficient (Wildman–Crippen LogP) is 2.25. The summed E-state index contributed by atoms with van der Waals surface area (Å²) in [5.74, 6) is 0.786. The minimum Gasteiger partial charge on any atom is -0.365 e. The van der Waals surface area contributed by atoms with Gasteiger partial charge in [-0.05, 0) is 30.2 Å². The number of rotatable bonds is 1. The van der Waals surface area contributed by atoms with Crippen molar-refractivity contribution in [2.75, 3.05) is 18.0 Å². The third-order valence-corrected chi connectivity index (χ3v) is 4.31. The van der Waals surface area contributed by atoms with E-state index < -0.39 is 0 Å². The predicted molar refractivity (Wildman–Crippen MR) is 66.2 cm³/mol. The summed E-state index contributed by atoms with van der Waals surface area (Å²) in [6.45, 7) is 4.66. The lowest BCUT2D eigenvalue weighted by atomic mass is 10.0. The first-order chi connectivity index (χ1) is 7.25. The van der Waals surface area contributed by atoms with Crippen molar-refractivity contribution in [2.24, 2.45) is 5.92 Å². The number of fused-ring (bicyclic) bond motifs is 2. The summed E-state index contributed by atoms with van der Waals surface area (Å²) in [5.41, 5.74) is 1.36. The van der Waals surface area contributed by atoms with Gasteiger partial charge in [-0.3, -0.25) is 0 Å². The molecule has 2 heterocycles. The van der Waals surface area contributed by atoms with Crippen LogP contribution in [-0.2, 0) is 0 Å². The Bertz CT molecular complexity index is 362. The van der Waals surface area contributed by atoms with E-state index in [1.165, 1.54) is 5.69 Å². The fourth-order valence-corrected chi connectivity index (χ4v) is 3.08. The van der Waals surface area contributed by atoms with E-state index in [4.69, 9.17) is 0 Å². The number of anilines is 1. The average Bonchev–Trinajstić information content (AvgIpc) is 2.75. The normalized spacial score (nSPS) is 33.7. The number of nitrogens with one attached hydrogen (secondary N) is 1. The van der Waals surface area contributed by atoms with Crippen molar-refractivity contribution >= 4 is 21.6 Å². The van der Waals surface area contributed by atoms with Crippen LogP contribution in [0.25, 0.3) is 0 Å². The maximum atomic E-state index is 3.57. The molecule has 2 aliphatic heterocycles. The van der Waals surface area contributed by atoms with Gasteiger partial charge in [-0.1, -0.05) is 22.9 Å². The quantitative estimate of drug-likeness (QED) is 0.839. The molecule has 2 nitrogen and oxygen atoms in total. The average molecular weight is 267 g/mol. The second kappa shape index (κ2) is 3.49. The Balaban J connectivity index is 1.87. The van der Waals surface area contributed by atoms with Gasteiger partial charge in [-0.15, -0.1) is 0 Å². The zero-order valence-corrected chi connectivity index (χ0v) is 10.4. The molecule has 2 saturated heterocycles. The highest BCUT2D eigenvalue weighted by molar-refractivity contribution is 9.10. The van der Waals surface area contributed by atoms with E-state index in [9.17, 15) is 0 Å². The van der Waals surface area contributed by atoms with Gasteiger partial charge in [0.15, 0.2) is 0 Å². The molecule has 80 valence electrons. The smallest absolute Gasteiger partial charge is 0.0456 e. The van der Waals surface area contributed by atoms with Crippen molar-refractivity contribution < 1.29 is 0 Å². The summed E-state index contributed by atoms with van der Waals surface area (Å²) < 4.78 is 1.15. The highest BCUT2D eigenvalue weighted by atomic mass is 79.9. The minimum atomic E-state index is 0.691. The Morgan fingerprint density at radius 2 is 2.07 bits per heavy atom. The lowest BCUT2D eigenvalue weighted by Gasteiger charge is -2.29. The maximum Gasteiger partial charge on any atom is 0.0456 e. The summed E-state index contributed by atoms with van der Waals surface area (Å²) in [6, 6.07) is 10.0. The van der Waals surface area contributed by atoms with Crippen LogP contribution in [0.4, 0.5) is 5.69 Å². The van der Waals surface area contributed by atoms with E-state index in [1.807, 2.05) is 0 Å². The molecule has 3 atom stereocenters. The molecule has 0 amide bonds. The lowest BCUT2D eigenvalue weighted by Crippen LogP contribution is -2.43. The van der Waals surface area contributed by atoms with Crippen LogP contribution in [0, 0.1) is 5.92 Å². The molecule has 3 heteroatoms. The number of nitrogens with zero attached hydrogens (tertiary/aromatic N) is 1. The van der Waals surface area contributed by atoms with Gasteiger partial charge in [0.2, 0.25) is 0 Å². The monoisotopic (exact) mass is 266 g/mol. The molecule has 1 aromatic carbocycles. The van der Waals surface area contributed by atoms with Gasteiger partial charge >= 0.3 is 0 Å². The second-order valence-corrected chi connectivity index (χ2v) is 5.49. The fraction of sp³-hybridized carbons (Fsp3) is 0.500. The first-order valence-corrected chi connectivity index (χ1v) is 6.30. The van der Waals surface area contributed by atoms with E-state index in [1.54, 1.807) is 0 Å². The van der Waals surface area contributed by atoms with Crippen molar-refractivity contribution in [3.63, 3.8) is 0 Å². The molecule has 1 aromatic rings. The molecule has 0 aliphatic carbocycles. The summed E-state index contributed by atoms with van der Waals surface area (Å²) in [7, 11) is 0. The second-order valence-electron chi connectivity index (χ2n) is 4.57. The Hall–Kier alpha value is -0.540. The van der Waals surface area contributed by atoms with Crippen LogP contribution in [0.2, 0.25) is 0 Å². The molecule has 0 radical (unpaired) electrons. The number of piperazine rings is 1. The van der Waals surface area contributed by atoms with Crippen LogP contribution in [0.3, 0.4) is 0 Å². The summed E-state index contributed by atoms with van der Waals surface area (Å²) in [5, 5.41) is 3.57. The van der Waals surface area contributed by atoms with E-state index in [2.05, 4.69) is 57.3 Å². The largest absolute Gasteiger partial charge is 0.365 e. The molecule has 15 heavy (non-hydrogen) atoms. The number of hydrogen-bond donors (Lipinski definition) is 1. The summed E-state index contributed by atoms with van der Waals surface area (Å²) >= 11 is 3.48. The van der Waals surface area contributed by atoms with Crippen molar-refractivity contribution in [1.29, 1.82) is 0 Å². The van der Waals surface area contributed by atoms with Gasteiger partial charge in [0.05, 0.1) is 0 Å². The van der Waals surface area contributed by atoms with Crippen LogP contribution in [0.1, 0.15) is 6.92 Å². The lowest BCUT2D eigenvalue weighted by molar-refractivity contribution is 0.549. The third kappa shape index (κ3) is 1.49. The minimum absolute atomic E-state index is 0.691. The van der Waals surface area contributed by atoms with Crippen LogP contribution in [0.15, 0.2) is 28.7 Å². The highest BCUT2D eigenvalue weighted by Crippen LogP contribution is 2.33. The molecule has 3 rings (SSSR count). The van der Waals surface area contributed by atoms with Gasteiger partial charge in [0.1, 0.15) is 0 Å². The van der Waals surface area contributed by atoms with Crippen molar-refractivity contribution in [3.8, 4) is 0 Å². The van der Waals surface area contributed by atoms with Crippen LogP contribution >= 0.6 is 15.9 Å².